The summed E-state index contributed by atoms with van der Waals surface area (Å²) in [6.07, 6.45) is 1.99. The van der Waals surface area contributed by atoms with Crippen molar-refractivity contribution in [2.45, 2.75) is 25.7 Å². The number of hydrogen-bond acceptors (Lipinski definition) is 6. The molecule has 0 fully saturated rings. The maximum Gasteiger partial charge on any atom is 0.124 e. The zero-order valence-electron chi connectivity index (χ0n) is 18.4. The molecule has 0 spiro atoms. The smallest absolute Gasteiger partial charge is 0.124 e. The zero-order chi connectivity index (χ0) is 24.2. The molecular formula is C28H26O6. The number of aromatic hydroxyl groups is 6. The summed E-state index contributed by atoms with van der Waals surface area (Å²) >= 11 is 0. The second-order valence-corrected chi connectivity index (χ2v) is 8.34. The van der Waals surface area contributed by atoms with Crippen molar-refractivity contribution in [3.63, 3.8) is 0 Å². The summed E-state index contributed by atoms with van der Waals surface area (Å²) in [6, 6.07) is 19.3. The molecule has 0 aliphatic carbocycles. The first kappa shape index (κ1) is 22.9. The molecule has 6 heteroatoms. The summed E-state index contributed by atoms with van der Waals surface area (Å²) in [7, 11) is 0. The third-order valence-corrected chi connectivity index (χ3v) is 5.87. The lowest BCUT2D eigenvalue weighted by molar-refractivity contribution is 0.449. The van der Waals surface area contributed by atoms with E-state index in [-0.39, 0.29) is 45.6 Å². The van der Waals surface area contributed by atoms with Gasteiger partial charge in [0.2, 0.25) is 0 Å². The number of phenolic OH excluding ortho intramolecular Hbond substituents is 6. The first-order chi connectivity index (χ1) is 16.3. The fourth-order valence-corrected chi connectivity index (χ4v) is 4.05. The van der Waals surface area contributed by atoms with Crippen LogP contribution in [0.25, 0.3) is 11.1 Å². The first-order valence-electron chi connectivity index (χ1n) is 11.0. The van der Waals surface area contributed by atoms with Crippen LogP contribution in [0.3, 0.4) is 0 Å². The number of hydrogen-bond donors (Lipinski definition) is 6. The van der Waals surface area contributed by atoms with E-state index in [4.69, 9.17) is 0 Å². The van der Waals surface area contributed by atoms with E-state index in [1.54, 1.807) is 36.4 Å². The summed E-state index contributed by atoms with van der Waals surface area (Å²) < 4.78 is 0. The Balaban J connectivity index is 1.54. The molecule has 6 nitrogen and oxygen atoms in total. The largest absolute Gasteiger partial charge is 0.508 e. The van der Waals surface area contributed by atoms with Gasteiger partial charge in [0.05, 0.1) is 0 Å². The fourth-order valence-electron chi connectivity index (χ4n) is 4.05. The lowest BCUT2D eigenvalue weighted by atomic mass is 9.95. The van der Waals surface area contributed by atoms with Gasteiger partial charge in [-0.15, -0.1) is 0 Å². The van der Waals surface area contributed by atoms with Crippen molar-refractivity contribution in [1.82, 2.24) is 0 Å². The Hall–Kier alpha value is -4.32. The van der Waals surface area contributed by atoms with E-state index in [9.17, 15) is 30.6 Å². The number of phenols is 6. The summed E-state index contributed by atoms with van der Waals surface area (Å²) in [6.45, 7) is 0. The molecular weight excluding hydrogens is 432 g/mol. The average molecular weight is 459 g/mol. The van der Waals surface area contributed by atoms with Gasteiger partial charge in [-0.25, -0.2) is 0 Å². The standard InChI is InChI=1S/C28H26O6/c29-21-5-1-3-17(11-21)7-9-19-13-27(33)23(15-25(19)31)24-16-26(32)20(14-28(24)34)10-8-18-4-2-6-22(30)12-18/h1-6,11-16,29-34H,7-10H2. The van der Waals surface area contributed by atoms with Crippen molar-refractivity contribution in [1.29, 1.82) is 0 Å². The van der Waals surface area contributed by atoms with E-state index in [2.05, 4.69) is 0 Å². The second-order valence-electron chi connectivity index (χ2n) is 8.34. The SMILES string of the molecule is Oc1cccc(CCc2cc(O)c(-c3cc(O)c(CCc4cccc(O)c4)cc3O)cc2O)c1. The minimum absolute atomic E-state index is 0.0418. The summed E-state index contributed by atoms with van der Waals surface area (Å²) in [5, 5.41) is 61.5. The van der Waals surface area contributed by atoms with E-state index in [1.165, 1.54) is 24.3 Å². The van der Waals surface area contributed by atoms with Crippen LogP contribution < -0.4 is 0 Å². The molecule has 34 heavy (non-hydrogen) atoms. The Kier molecular flexibility index (Phi) is 6.50. The average Bonchev–Trinajstić information content (AvgIpc) is 2.80. The highest BCUT2D eigenvalue weighted by Gasteiger charge is 2.17. The van der Waals surface area contributed by atoms with Crippen LogP contribution in [0, 0.1) is 0 Å². The van der Waals surface area contributed by atoms with Crippen molar-refractivity contribution in [2.24, 2.45) is 0 Å². The monoisotopic (exact) mass is 458 g/mol. The van der Waals surface area contributed by atoms with Gasteiger partial charge in [-0.1, -0.05) is 24.3 Å². The van der Waals surface area contributed by atoms with Crippen LogP contribution in [-0.4, -0.2) is 30.6 Å². The van der Waals surface area contributed by atoms with Gasteiger partial charge in [-0.2, -0.15) is 0 Å². The van der Waals surface area contributed by atoms with Gasteiger partial charge in [0, 0.05) is 11.1 Å². The third kappa shape index (κ3) is 5.18. The fraction of sp³-hybridized carbons (Fsp3) is 0.143. The molecule has 4 aromatic carbocycles. The van der Waals surface area contributed by atoms with E-state index < -0.39 is 0 Å². The molecule has 0 unspecified atom stereocenters. The van der Waals surface area contributed by atoms with E-state index in [0.29, 0.717) is 36.8 Å². The molecule has 0 radical (unpaired) electrons. The lowest BCUT2D eigenvalue weighted by Crippen LogP contribution is -1.95. The highest BCUT2D eigenvalue weighted by Crippen LogP contribution is 2.42. The molecule has 4 rings (SSSR count). The van der Waals surface area contributed by atoms with Crippen molar-refractivity contribution in [3.05, 3.63) is 95.1 Å². The summed E-state index contributed by atoms with van der Waals surface area (Å²) in [4.78, 5) is 0. The number of aryl methyl sites for hydroxylation is 4. The van der Waals surface area contributed by atoms with Crippen LogP contribution >= 0.6 is 0 Å². The first-order valence-corrected chi connectivity index (χ1v) is 11.0. The Morgan fingerprint density at radius 3 is 1.21 bits per heavy atom. The van der Waals surface area contributed by atoms with Crippen LogP contribution in [0.5, 0.6) is 34.5 Å². The molecule has 0 aromatic heterocycles. The van der Waals surface area contributed by atoms with E-state index >= 15 is 0 Å². The van der Waals surface area contributed by atoms with Crippen molar-refractivity contribution < 1.29 is 30.6 Å². The zero-order valence-corrected chi connectivity index (χ0v) is 18.4. The van der Waals surface area contributed by atoms with Crippen LogP contribution in [0.1, 0.15) is 22.3 Å². The van der Waals surface area contributed by atoms with Crippen molar-refractivity contribution in [3.8, 4) is 45.6 Å². The lowest BCUT2D eigenvalue weighted by Gasteiger charge is -2.14. The van der Waals surface area contributed by atoms with E-state index in [1.807, 2.05) is 12.1 Å². The molecule has 6 N–H and O–H groups in total. The highest BCUT2D eigenvalue weighted by molar-refractivity contribution is 5.79. The van der Waals surface area contributed by atoms with Crippen molar-refractivity contribution in [2.75, 3.05) is 0 Å². The van der Waals surface area contributed by atoms with Gasteiger partial charge in [-0.05, 0) is 96.5 Å². The van der Waals surface area contributed by atoms with Crippen LogP contribution in [0.2, 0.25) is 0 Å². The Bertz CT molecular complexity index is 1230. The number of benzene rings is 4. The third-order valence-electron chi connectivity index (χ3n) is 5.87. The Morgan fingerprint density at radius 2 is 0.824 bits per heavy atom. The number of rotatable bonds is 7. The minimum atomic E-state index is -0.133. The maximum absolute atomic E-state index is 10.6. The molecule has 0 aliphatic heterocycles. The molecule has 0 aliphatic rings. The Labute approximate surface area is 197 Å². The minimum Gasteiger partial charge on any atom is -0.508 e. The van der Waals surface area contributed by atoms with E-state index in [0.717, 1.165) is 11.1 Å². The summed E-state index contributed by atoms with van der Waals surface area (Å²) in [5.74, 6) is -0.0161. The molecule has 0 atom stereocenters. The molecule has 0 heterocycles. The molecule has 0 saturated carbocycles. The van der Waals surface area contributed by atoms with Gasteiger partial charge >= 0.3 is 0 Å². The van der Waals surface area contributed by atoms with Crippen LogP contribution in [-0.2, 0) is 25.7 Å². The molecule has 4 aromatic rings. The van der Waals surface area contributed by atoms with Crippen molar-refractivity contribution >= 4 is 0 Å². The second kappa shape index (κ2) is 9.67. The molecule has 0 bridgehead atoms. The van der Waals surface area contributed by atoms with Crippen LogP contribution in [0.15, 0.2) is 72.8 Å². The van der Waals surface area contributed by atoms with Gasteiger partial charge in [-0.3, -0.25) is 0 Å². The Morgan fingerprint density at radius 1 is 0.412 bits per heavy atom. The van der Waals surface area contributed by atoms with Gasteiger partial charge < -0.3 is 30.6 Å². The predicted octanol–water partition coefficient (Wildman–Crippen LogP) is 5.16. The predicted molar refractivity (Wildman–Crippen MR) is 130 cm³/mol. The van der Waals surface area contributed by atoms with Crippen LogP contribution in [0.4, 0.5) is 0 Å². The highest BCUT2D eigenvalue weighted by atomic mass is 16.3. The van der Waals surface area contributed by atoms with Gasteiger partial charge in [0.1, 0.15) is 34.5 Å². The van der Waals surface area contributed by atoms with Gasteiger partial charge in [0.15, 0.2) is 0 Å². The summed E-state index contributed by atoms with van der Waals surface area (Å²) in [5.41, 5.74) is 3.24. The molecule has 0 saturated heterocycles. The van der Waals surface area contributed by atoms with Gasteiger partial charge in [0.25, 0.3) is 0 Å². The molecule has 174 valence electrons. The quantitative estimate of drug-likeness (QED) is 0.213. The maximum atomic E-state index is 10.6. The normalized spacial score (nSPS) is 10.9. The molecule has 0 amide bonds. The topological polar surface area (TPSA) is 121 Å².